The lowest BCUT2D eigenvalue weighted by atomic mass is 9.75. The Labute approximate surface area is 80.1 Å². The first kappa shape index (κ1) is 10.5. The van der Waals surface area contributed by atoms with Gasteiger partial charge in [-0.25, -0.2) is 0 Å². The third-order valence-electron chi connectivity index (χ3n) is 3.00. The van der Waals surface area contributed by atoms with Crippen molar-refractivity contribution in [2.45, 2.75) is 51.0 Å². The van der Waals surface area contributed by atoms with Gasteiger partial charge in [0.15, 0.2) is 0 Å². The lowest BCUT2D eigenvalue weighted by molar-refractivity contribution is -0.124. The third-order valence-corrected chi connectivity index (χ3v) is 3.00. The summed E-state index contributed by atoms with van der Waals surface area (Å²) in [5.74, 6) is 0.173. The van der Waals surface area contributed by atoms with Gasteiger partial charge in [-0.05, 0) is 38.6 Å². The summed E-state index contributed by atoms with van der Waals surface area (Å²) in [5.41, 5.74) is 5.48. The van der Waals surface area contributed by atoms with Crippen molar-refractivity contribution >= 4 is 5.91 Å². The molecule has 0 bridgehead atoms. The van der Waals surface area contributed by atoms with Crippen molar-refractivity contribution in [2.24, 2.45) is 5.73 Å². The van der Waals surface area contributed by atoms with Crippen molar-refractivity contribution in [1.29, 1.82) is 0 Å². The average molecular weight is 184 g/mol. The van der Waals surface area contributed by atoms with E-state index in [-0.39, 0.29) is 11.4 Å². The number of carbonyl (C=O) groups is 1. The Hall–Kier alpha value is -0.570. The van der Waals surface area contributed by atoms with E-state index in [4.69, 9.17) is 5.73 Å². The van der Waals surface area contributed by atoms with Gasteiger partial charge < -0.3 is 11.1 Å². The first-order chi connectivity index (χ1) is 6.22. The second kappa shape index (κ2) is 4.61. The maximum absolute atomic E-state index is 11.4. The van der Waals surface area contributed by atoms with Gasteiger partial charge >= 0.3 is 0 Å². The van der Waals surface area contributed by atoms with E-state index in [1.165, 1.54) is 6.42 Å². The molecule has 1 aliphatic rings. The molecule has 0 aromatic heterocycles. The van der Waals surface area contributed by atoms with E-state index in [0.717, 1.165) is 25.7 Å². The predicted molar refractivity (Wildman–Crippen MR) is 53.3 cm³/mol. The van der Waals surface area contributed by atoms with Crippen molar-refractivity contribution in [3.63, 3.8) is 0 Å². The molecular weight excluding hydrogens is 164 g/mol. The Morgan fingerprint density at radius 2 is 2.23 bits per heavy atom. The minimum atomic E-state index is 0.145. The standard InChI is InChI=1S/C10H20N2O/c1-2-10(6-4-7-10)12-9(13)5-3-8-11/h2-8,11H2,1H3,(H,12,13). The molecule has 76 valence electrons. The van der Waals surface area contributed by atoms with Gasteiger partial charge in [0, 0.05) is 12.0 Å². The number of nitrogens with two attached hydrogens (primary N) is 1. The molecule has 1 fully saturated rings. The summed E-state index contributed by atoms with van der Waals surface area (Å²) in [6.07, 6.45) is 5.99. The molecule has 13 heavy (non-hydrogen) atoms. The van der Waals surface area contributed by atoms with Crippen molar-refractivity contribution in [3.8, 4) is 0 Å². The highest BCUT2D eigenvalue weighted by Gasteiger charge is 2.35. The van der Waals surface area contributed by atoms with E-state index in [1.807, 2.05) is 0 Å². The molecule has 0 aliphatic heterocycles. The third kappa shape index (κ3) is 2.69. The topological polar surface area (TPSA) is 55.1 Å². The summed E-state index contributed by atoms with van der Waals surface area (Å²) in [5, 5.41) is 3.12. The first-order valence-corrected chi connectivity index (χ1v) is 5.23. The molecule has 1 amide bonds. The number of nitrogens with one attached hydrogen (secondary N) is 1. The van der Waals surface area contributed by atoms with Crippen LogP contribution in [-0.2, 0) is 4.79 Å². The lowest BCUT2D eigenvalue weighted by Crippen LogP contribution is -2.52. The number of rotatable bonds is 5. The zero-order valence-corrected chi connectivity index (χ0v) is 8.44. The molecule has 3 nitrogen and oxygen atoms in total. The average Bonchev–Trinajstić information content (AvgIpc) is 2.08. The number of amides is 1. The Bertz CT molecular complexity index is 170. The van der Waals surface area contributed by atoms with Crippen LogP contribution in [0.1, 0.15) is 45.4 Å². The van der Waals surface area contributed by atoms with Gasteiger partial charge in [0.1, 0.15) is 0 Å². The smallest absolute Gasteiger partial charge is 0.220 e. The van der Waals surface area contributed by atoms with Gasteiger partial charge in [0.2, 0.25) is 5.91 Å². The van der Waals surface area contributed by atoms with Gasteiger partial charge in [-0.2, -0.15) is 0 Å². The number of carbonyl (C=O) groups excluding carboxylic acids is 1. The fourth-order valence-electron chi connectivity index (χ4n) is 1.79. The van der Waals surface area contributed by atoms with Crippen LogP contribution in [0, 0.1) is 0 Å². The van der Waals surface area contributed by atoms with Crippen LogP contribution in [0.15, 0.2) is 0 Å². The second-order valence-corrected chi connectivity index (χ2v) is 3.93. The highest BCUT2D eigenvalue weighted by Crippen LogP contribution is 2.34. The van der Waals surface area contributed by atoms with Crippen molar-refractivity contribution in [3.05, 3.63) is 0 Å². The maximum atomic E-state index is 11.4. The molecule has 0 aromatic rings. The van der Waals surface area contributed by atoms with Crippen LogP contribution in [0.25, 0.3) is 0 Å². The van der Waals surface area contributed by atoms with E-state index >= 15 is 0 Å². The summed E-state index contributed by atoms with van der Waals surface area (Å²) >= 11 is 0. The molecule has 1 aliphatic carbocycles. The zero-order valence-electron chi connectivity index (χ0n) is 8.44. The van der Waals surface area contributed by atoms with Crippen LogP contribution in [0.5, 0.6) is 0 Å². The van der Waals surface area contributed by atoms with Crippen molar-refractivity contribution in [2.75, 3.05) is 6.54 Å². The van der Waals surface area contributed by atoms with E-state index in [1.54, 1.807) is 0 Å². The fourth-order valence-corrected chi connectivity index (χ4v) is 1.79. The lowest BCUT2D eigenvalue weighted by Gasteiger charge is -2.42. The van der Waals surface area contributed by atoms with Crippen molar-refractivity contribution < 1.29 is 4.79 Å². The Morgan fingerprint density at radius 3 is 2.62 bits per heavy atom. The normalized spacial score (nSPS) is 19.2. The predicted octanol–water partition coefficient (Wildman–Crippen LogP) is 1.17. The quantitative estimate of drug-likeness (QED) is 0.674. The Balaban J connectivity index is 2.25. The molecular formula is C10H20N2O. The number of hydrogen-bond acceptors (Lipinski definition) is 2. The SMILES string of the molecule is CCC1(NC(=O)CCCN)CCC1. The van der Waals surface area contributed by atoms with Gasteiger partial charge in [-0.1, -0.05) is 6.92 Å². The Morgan fingerprint density at radius 1 is 1.54 bits per heavy atom. The summed E-state index contributed by atoms with van der Waals surface area (Å²) in [4.78, 5) is 11.4. The second-order valence-electron chi connectivity index (χ2n) is 3.93. The van der Waals surface area contributed by atoms with Crippen LogP contribution in [-0.4, -0.2) is 18.0 Å². The molecule has 1 rings (SSSR count). The van der Waals surface area contributed by atoms with Crippen LogP contribution in [0.2, 0.25) is 0 Å². The van der Waals surface area contributed by atoms with Crippen LogP contribution in [0.4, 0.5) is 0 Å². The highest BCUT2D eigenvalue weighted by molar-refractivity contribution is 5.76. The minimum absolute atomic E-state index is 0.145. The molecule has 0 unspecified atom stereocenters. The van der Waals surface area contributed by atoms with E-state index in [9.17, 15) is 4.79 Å². The molecule has 0 spiro atoms. The van der Waals surface area contributed by atoms with Gasteiger partial charge in [0.05, 0.1) is 0 Å². The maximum Gasteiger partial charge on any atom is 0.220 e. The minimum Gasteiger partial charge on any atom is -0.351 e. The summed E-state index contributed by atoms with van der Waals surface area (Å²) < 4.78 is 0. The zero-order chi connectivity index (χ0) is 9.73. The van der Waals surface area contributed by atoms with Gasteiger partial charge in [0.25, 0.3) is 0 Å². The first-order valence-electron chi connectivity index (χ1n) is 5.23. The largest absolute Gasteiger partial charge is 0.351 e. The summed E-state index contributed by atoms with van der Waals surface area (Å²) in [6.45, 7) is 2.74. The molecule has 0 aromatic carbocycles. The summed E-state index contributed by atoms with van der Waals surface area (Å²) in [7, 11) is 0. The van der Waals surface area contributed by atoms with Crippen LogP contribution in [0.3, 0.4) is 0 Å². The van der Waals surface area contributed by atoms with E-state index in [0.29, 0.717) is 13.0 Å². The molecule has 0 atom stereocenters. The Kier molecular flexibility index (Phi) is 3.72. The van der Waals surface area contributed by atoms with Crippen molar-refractivity contribution in [1.82, 2.24) is 5.32 Å². The molecule has 3 N–H and O–H groups in total. The number of hydrogen-bond donors (Lipinski definition) is 2. The van der Waals surface area contributed by atoms with E-state index < -0.39 is 0 Å². The van der Waals surface area contributed by atoms with E-state index in [2.05, 4.69) is 12.2 Å². The molecule has 0 saturated heterocycles. The fraction of sp³-hybridized carbons (Fsp3) is 0.900. The van der Waals surface area contributed by atoms with Gasteiger partial charge in [-0.15, -0.1) is 0 Å². The van der Waals surface area contributed by atoms with Crippen LogP contribution < -0.4 is 11.1 Å². The highest BCUT2D eigenvalue weighted by atomic mass is 16.1. The van der Waals surface area contributed by atoms with Gasteiger partial charge in [-0.3, -0.25) is 4.79 Å². The monoisotopic (exact) mass is 184 g/mol. The molecule has 0 heterocycles. The van der Waals surface area contributed by atoms with Crippen LogP contribution >= 0.6 is 0 Å². The molecule has 3 heteroatoms. The molecule has 1 saturated carbocycles. The summed E-state index contributed by atoms with van der Waals surface area (Å²) in [6, 6.07) is 0. The molecule has 0 radical (unpaired) electrons.